The number of benzene rings is 1. The average Bonchev–Trinajstić information content (AvgIpc) is 3.51. The molecule has 3 aliphatic heterocycles. The minimum Gasteiger partial charge on any atom is -0.442 e. The summed E-state index contributed by atoms with van der Waals surface area (Å²) in [5, 5.41) is 8.41. The third-order valence-corrected chi connectivity index (χ3v) is 6.46. The molecule has 0 radical (unpaired) electrons. The zero-order chi connectivity index (χ0) is 24.9. The zero-order valence-corrected chi connectivity index (χ0v) is 19.7. The summed E-state index contributed by atoms with van der Waals surface area (Å²) in [7, 11) is 0. The fourth-order valence-corrected chi connectivity index (χ4v) is 4.52. The van der Waals surface area contributed by atoms with Crippen LogP contribution in [0.4, 0.5) is 20.6 Å². The van der Waals surface area contributed by atoms with Gasteiger partial charge in [-0.3, -0.25) is 19.3 Å². The molecule has 0 spiro atoms. The van der Waals surface area contributed by atoms with E-state index in [-0.39, 0.29) is 43.4 Å². The van der Waals surface area contributed by atoms with Crippen LogP contribution in [0.15, 0.2) is 18.2 Å². The number of nitrogens with zero attached hydrogens (tertiary/aromatic N) is 3. The number of nitrogens with one attached hydrogen (secondary N) is 3. The molecule has 190 valence electrons. The fourth-order valence-electron chi connectivity index (χ4n) is 4.52. The SMILES string of the molecule is CC(=O)NC[C@H]1CN(c2ccc(N3CCN(C(=O)CNC(=O)C4CCCN4)CC3)c(F)c2)C(=O)O1. The number of rotatable bonds is 7. The summed E-state index contributed by atoms with van der Waals surface area (Å²) >= 11 is 0. The summed E-state index contributed by atoms with van der Waals surface area (Å²) in [5.41, 5.74) is 0.770. The monoisotopic (exact) mass is 490 g/mol. The van der Waals surface area contributed by atoms with Gasteiger partial charge in [-0.05, 0) is 37.6 Å². The molecule has 4 rings (SSSR count). The van der Waals surface area contributed by atoms with Crippen LogP contribution in [0.1, 0.15) is 19.8 Å². The van der Waals surface area contributed by atoms with E-state index in [1.165, 1.54) is 17.9 Å². The Bertz CT molecular complexity index is 977. The lowest BCUT2D eigenvalue weighted by atomic mass is 10.2. The van der Waals surface area contributed by atoms with E-state index in [4.69, 9.17) is 4.74 Å². The van der Waals surface area contributed by atoms with Crippen molar-refractivity contribution in [2.75, 3.05) is 62.2 Å². The molecule has 11 nitrogen and oxygen atoms in total. The summed E-state index contributed by atoms with van der Waals surface area (Å²) in [6, 6.07) is 4.34. The molecule has 12 heteroatoms. The molecule has 1 aromatic carbocycles. The van der Waals surface area contributed by atoms with Crippen molar-refractivity contribution in [3.05, 3.63) is 24.0 Å². The molecule has 0 saturated carbocycles. The Hall–Kier alpha value is -3.41. The molecular formula is C23H31FN6O5. The van der Waals surface area contributed by atoms with Gasteiger partial charge in [0.1, 0.15) is 11.9 Å². The summed E-state index contributed by atoms with van der Waals surface area (Å²) in [6.45, 7) is 4.29. The van der Waals surface area contributed by atoms with Gasteiger partial charge in [-0.25, -0.2) is 9.18 Å². The van der Waals surface area contributed by atoms with Crippen molar-refractivity contribution < 1.29 is 28.3 Å². The van der Waals surface area contributed by atoms with Crippen molar-refractivity contribution in [2.45, 2.75) is 31.9 Å². The smallest absolute Gasteiger partial charge is 0.414 e. The second kappa shape index (κ2) is 10.9. The third kappa shape index (κ3) is 5.99. The lowest BCUT2D eigenvalue weighted by molar-refractivity contribution is -0.133. The van der Waals surface area contributed by atoms with E-state index in [2.05, 4.69) is 16.0 Å². The van der Waals surface area contributed by atoms with Gasteiger partial charge in [0, 0.05) is 33.1 Å². The molecule has 3 fully saturated rings. The first-order valence-corrected chi connectivity index (χ1v) is 11.9. The number of ether oxygens (including phenoxy) is 1. The first kappa shape index (κ1) is 24.7. The molecule has 1 unspecified atom stereocenters. The minimum absolute atomic E-state index is 0.0467. The Balaban J connectivity index is 1.27. The molecule has 4 amide bonds. The molecule has 3 N–H and O–H groups in total. The quantitative estimate of drug-likeness (QED) is 0.484. The maximum atomic E-state index is 15.0. The summed E-state index contributed by atoms with van der Waals surface area (Å²) in [6.07, 6.45) is 0.640. The molecule has 35 heavy (non-hydrogen) atoms. The van der Waals surface area contributed by atoms with Crippen molar-refractivity contribution >= 4 is 35.2 Å². The normalized spacial score (nSPS) is 22.2. The number of halogens is 1. The number of carbonyl (C=O) groups excluding carboxylic acids is 4. The zero-order valence-electron chi connectivity index (χ0n) is 19.7. The lowest BCUT2D eigenvalue weighted by Gasteiger charge is -2.36. The Morgan fingerprint density at radius 1 is 1.17 bits per heavy atom. The first-order chi connectivity index (χ1) is 16.8. The van der Waals surface area contributed by atoms with Gasteiger partial charge in [0.05, 0.1) is 37.1 Å². The van der Waals surface area contributed by atoms with Crippen LogP contribution >= 0.6 is 0 Å². The topological polar surface area (TPSA) is 123 Å². The van der Waals surface area contributed by atoms with Crippen LogP contribution < -0.4 is 25.8 Å². The van der Waals surface area contributed by atoms with Gasteiger partial charge >= 0.3 is 6.09 Å². The van der Waals surface area contributed by atoms with Gasteiger partial charge in [-0.2, -0.15) is 0 Å². The highest BCUT2D eigenvalue weighted by molar-refractivity contribution is 5.90. The van der Waals surface area contributed by atoms with E-state index >= 15 is 0 Å². The average molecular weight is 491 g/mol. The van der Waals surface area contributed by atoms with Crippen LogP contribution in [-0.4, -0.2) is 93.2 Å². The van der Waals surface area contributed by atoms with Crippen LogP contribution in [0, 0.1) is 5.82 Å². The second-order valence-electron chi connectivity index (χ2n) is 8.92. The van der Waals surface area contributed by atoms with Crippen LogP contribution in [0.5, 0.6) is 0 Å². The maximum absolute atomic E-state index is 15.0. The van der Waals surface area contributed by atoms with Crippen molar-refractivity contribution in [3.8, 4) is 0 Å². The molecule has 0 aromatic heterocycles. The van der Waals surface area contributed by atoms with Crippen LogP contribution in [-0.2, 0) is 19.1 Å². The Morgan fingerprint density at radius 2 is 1.94 bits per heavy atom. The summed E-state index contributed by atoms with van der Waals surface area (Å²) in [4.78, 5) is 52.7. The summed E-state index contributed by atoms with van der Waals surface area (Å²) < 4.78 is 20.2. The van der Waals surface area contributed by atoms with E-state index in [0.717, 1.165) is 19.4 Å². The molecule has 3 saturated heterocycles. The number of hydrogen-bond acceptors (Lipinski definition) is 7. The van der Waals surface area contributed by atoms with Gasteiger partial charge in [0.2, 0.25) is 17.7 Å². The standard InChI is InChI=1S/C23H31FN6O5/c1-15(31)26-12-17-14-30(23(34)35-17)16-4-5-20(18(24)11-16)28-7-9-29(10-8-28)21(32)13-27-22(33)19-3-2-6-25-19/h4-5,11,17,19,25H,2-3,6-10,12-14H2,1H3,(H,26,31)(H,27,33)/t17-,19?/m0/s1. The van der Waals surface area contributed by atoms with Crippen molar-refractivity contribution in [2.24, 2.45) is 0 Å². The Morgan fingerprint density at radius 3 is 2.60 bits per heavy atom. The second-order valence-corrected chi connectivity index (χ2v) is 8.92. The van der Waals surface area contributed by atoms with Gasteiger partial charge in [0.25, 0.3) is 0 Å². The third-order valence-electron chi connectivity index (χ3n) is 6.46. The Kier molecular flexibility index (Phi) is 7.69. The van der Waals surface area contributed by atoms with Crippen LogP contribution in [0.2, 0.25) is 0 Å². The van der Waals surface area contributed by atoms with Crippen molar-refractivity contribution in [1.29, 1.82) is 0 Å². The maximum Gasteiger partial charge on any atom is 0.414 e. The van der Waals surface area contributed by atoms with Crippen LogP contribution in [0.25, 0.3) is 0 Å². The highest BCUT2D eigenvalue weighted by Gasteiger charge is 2.33. The van der Waals surface area contributed by atoms with E-state index in [9.17, 15) is 23.6 Å². The molecular weight excluding hydrogens is 459 g/mol. The molecule has 0 bridgehead atoms. The number of anilines is 2. The van der Waals surface area contributed by atoms with Crippen molar-refractivity contribution in [3.63, 3.8) is 0 Å². The molecule has 0 aliphatic carbocycles. The van der Waals surface area contributed by atoms with Gasteiger partial charge in [-0.1, -0.05) is 0 Å². The van der Waals surface area contributed by atoms with E-state index in [0.29, 0.717) is 37.6 Å². The van der Waals surface area contributed by atoms with E-state index in [1.807, 2.05) is 4.90 Å². The summed E-state index contributed by atoms with van der Waals surface area (Å²) in [5.74, 6) is -1.01. The predicted molar refractivity (Wildman–Crippen MR) is 126 cm³/mol. The van der Waals surface area contributed by atoms with Crippen LogP contribution in [0.3, 0.4) is 0 Å². The number of hydrogen-bond donors (Lipinski definition) is 3. The van der Waals surface area contributed by atoms with Gasteiger partial charge < -0.3 is 30.5 Å². The lowest BCUT2D eigenvalue weighted by Crippen LogP contribution is -2.52. The minimum atomic E-state index is -0.588. The number of piperazine rings is 1. The fraction of sp³-hybridized carbons (Fsp3) is 0.565. The van der Waals surface area contributed by atoms with Crippen molar-refractivity contribution in [1.82, 2.24) is 20.9 Å². The number of cyclic esters (lactones) is 1. The number of carbonyl (C=O) groups is 4. The molecule has 2 atom stereocenters. The van der Waals surface area contributed by atoms with Gasteiger partial charge in [-0.15, -0.1) is 0 Å². The van der Waals surface area contributed by atoms with E-state index < -0.39 is 18.0 Å². The highest BCUT2D eigenvalue weighted by Crippen LogP contribution is 2.28. The molecule has 3 heterocycles. The molecule has 3 aliphatic rings. The van der Waals surface area contributed by atoms with E-state index in [1.54, 1.807) is 17.0 Å². The number of amides is 4. The Labute approximate surface area is 202 Å². The molecule has 1 aromatic rings. The largest absolute Gasteiger partial charge is 0.442 e. The predicted octanol–water partition coefficient (Wildman–Crippen LogP) is -0.196. The first-order valence-electron chi connectivity index (χ1n) is 11.9. The van der Waals surface area contributed by atoms with Gasteiger partial charge in [0.15, 0.2) is 0 Å². The highest BCUT2D eigenvalue weighted by atomic mass is 19.1.